The summed E-state index contributed by atoms with van der Waals surface area (Å²) in [6.45, 7) is 0. The standard InChI is InChI=1S/C17H12N2O2S2/c1-19-14(9-8-13-16(20)18-17(22)23-13)21-12-7-6-10-4-2-3-5-11(10)15(12)19/h2-9H,1H3,(H,18,20,22). The predicted molar refractivity (Wildman–Crippen MR) is 97.5 cm³/mol. The molecule has 1 amide bonds. The van der Waals surface area contributed by atoms with Crippen LogP contribution in [0, 0.1) is 0 Å². The lowest BCUT2D eigenvalue weighted by molar-refractivity contribution is -0.115. The third kappa shape index (κ3) is 2.40. The van der Waals surface area contributed by atoms with Crippen molar-refractivity contribution in [1.29, 1.82) is 0 Å². The zero-order chi connectivity index (χ0) is 16.0. The lowest BCUT2D eigenvalue weighted by atomic mass is 10.1. The first-order chi connectivity index (χ1) is 11.1. The number of amides is 1. The van der Waals surface area contributed by atoms with Crippen molar-refractivity contribution in [3.63, 3.8) is 0 Å². The minimum absolute atomic E-state index is 0.166. The van der Waals surface area contributed by atoms with Crippen molar-refractivity contribution < 1.29 is 9.53 Å². The first-order valence-corrected chi connectivity index (χ1v) is 8.24. The van der Waals surface area contributed by atoms with Gasteiger partial charge in [-0.15, -0.1) is 0 Å². The van der Waals surface area contributed by atoms with Crippen LogP contribution in [0.3, 0.4) is 0 Å². The van der Waals surface area contributed by atoms with E-state index in [9.17, 15) is 4.79 Å². The number of fused-ring (bicyclic) bond motifs is 3. The van der Waals surface area contributed by atoms with Crippen LogP contribution in [0.25, 0.3) is 10.8 Å². The lowest BCUT2D eigenvalue weighted by Gasteiger charge is -2.12. The van der Waals surface area contributed by atoms with Gasteiger partial charge in [-0.3, -0.25) is 4.79 Å². The molecule has 1 fully saturated rings. The number of benzene rings is 2. The zero-order valence-electron chi connectivity index (χ0n) is 12.2. The van der Waals surface area contributed by atoms with Crippen molar-refractivity contribution in [2.24, 2.45) is 0 Å². The molecule has 4 nitrogen and oxygen atoms in total. The van der Waals surface area contributed by atoms with Crippen LogP contribution in [-0.4, -0.2) is 17.3 Å². The Balaban J connectivity index is 1.72. The van der Waals surface area contributed by atoms with E-state index in [2.05, 4.69) is 17.4 Å². The summed E-state index contributed by atoms with van der Waals surface area (Å²) >= 11 is 6.24. The van der Waals surface area contributed by atoms with Crippen molar-refractivity contribution in [3.05, 3.63) is 59.3 Å². The molecule has 0 unspecified atom stereocenters. The van der Waals surface area contributed by atoms with Crippen LogP contribution in [-0.2, 0) is 4.79 Å². The SMILES string of the molecule is CN1C(=CC=C2SC(=S)NC2=O)Oc2ccc3ccccc3c21. The summed E-state index contributed by atoms with van der Waals surface area (Å²) in [5.74, 6) is 1.32. The van der Waals surface area contributed by atoms with Gasteiger partial charge in [-0.2, -0.15) is 0 Å². The third-order valence-corrected chi connectivity index (χ3v) is 4.94. The zero-order valence-corrected chi connectivity index (χ0v) is 13.8. The maximum absolute atomic E-state index is 11.7. The highest BCUT2D eigenvalue weighted by Crippen LogP contribution is 2.43. The van der Waals surface area contributed by atoms with Crippen LogP contribution in [0.15, 0.2) is 59.3 Å². The van der Waals surface area contributed by atoms with Crippen LogP contribution in [0.2, 0.25) is 0 Å². The third-order valence-electron chi connectivity index (χ3n) is 3.76. The number of nitrogens with zero attached hydrogens (tertiary/aromatic N) is 1. The van der Waals surface area contributed by atoms with Gasteiger partial charge in [0.05, 0.1) is 10.6 Å². The summed E-state index contributed by atoms with van der Waals surface area (Å²) in [5.41, 5.74) is 1.03. The van der Waals surface area contributed by atoms with Gasteiger partial charge in [-0.25, -0.2) is 0 Å². The molecule has 2 aromatic carbocycles. The number of thioether (sulfide) groups is 1. The number of carbonyl (C=O) groups is 1. The van der Waals surface area contributed by atoms with E-state index in [1.807, 2.05) is 36.2 Å². The largest absolute Gasteiger partial charge is 0.439 e. The molecule has 4 rings (SSSR count). The number of hydrogen-bond donors (Lipinski definition) is 1. The summed E-state index contributed by atoms with van der Waals surface area (Å²) < 4.78 is 6.40. The highest BCUT2D eigenvalue weighted by molar-refractivity contribution is 8.26. The number of rotatable bonds is 1. The number of carbonyl (C=O) groups excluding carboxylic acids is 1. The molecule has 0 spiro atoms. The maximum atomic E-state index is 11.7. The van der Waals surface area contributed by atoms with Crippen molar-refractivity contribution in [2.75, 3.05) is 11.9 Å². The summed E-state index contributed by atoms with van der Waals surface area (Å²) in [6.07, 6.45) is 3.53. The fourth-order valence-corrected chi connectivity index (χ4v) is 3.67. The summed E-state index contributed by atoms with van der Waals surface area (Å²) in [4.78, 5) is 14.3. The summed E-state index contributed by atoms with van der Waals surface area (Å²) in [6, 6.07) is 12.2. The van der Waals surface area contributed by atoms with Crippen LogP contribution >= 0.6 is 24.0 Å². The average Bonchev–Trinajstić information content (AvgIpc) is 3.04. The molecule has 2 heterocycles. The highest BCUT2D eigenvalue weighted by Gasteiger charge is 2.26. The van der Waals surface area contributed by atoms with E-state index in [4.69, 9.17) is 17.0 Å². The van der Waals surface area contributed by atoms with Crippen molar-refractivity contribution >= 4 is 50.7 Å². The van der Waals surface area contributed by atoms with Crippen molar-refractivity contribution in [3.8, 4) is 5.75 Å². The highest BCUT2D eigenvalue weighted by atomic mass is 32.2. The van der Waals surface area contributed by atoms with Crippen LogP contribution in [0.1, 0.15) is 0 Å². The van der Waals surface area contributed by atoms with E-state index in [1.165, 1.54) is 11.8 Å². The quantitative estimate of drug-likeness (QED) is 0.635. The number of allylic oxidation sites excluding steroid dienone is 2. The van der Waals surface area contributed by atoms with Crippen LogP contribution in [0.5, 0.6) is 5.75 Å². The number of anilines is 1. The van der Waals surface area contributed by atoms with Gasteiger partial charge in [-0.05, 0) is 17.5 Å². The Kier molecular flexibility index (Phi) is 3.36. The van der Waals surface area contributed by atoms with Crippen LogP contribution < -0.4 is 15.0 Å². The Morgan fingerprint density at radius 1 is 1.22 bits per heavy atom. The number of hydrogen-bond acceptors (Lipinski definition) is 5. The van der Waals surface area contributed by atoms with E-state index < -0.39 is 0 Å². The first-order valence-electron chi connectivity index (χ1n) is 7.02. The number of ether oxygens (including phenoxy) is 1. The number of thiocarbonyl (C=S) groups is 1. The van der Waals surface area contributed by atoms with E-state index in [-0.39, 0.29) is 5.91 Å². The molecule has 1 N–H and O–H groups in total. The second-order valence-electron chi connectivity index (χ2n) is 5.17. The molecule has 0 saturated carbocycles. The van der Waals surface area contributed by atoms with Gasteiger partial charge in [0.1, 0.15) is 4.32 Å². The van der Waals surface area contributed by atoms with Gasteiger partial charge in [0.2, 0.25) is 0 Å². The second-order valence-corrected chi connectivity index (χ2v) is 6.89. The van der Waals surface area contributed by atoms with Crippen molar-refractivity contribution in [2.45, 2.75) is 0 Å². The molecule has 0 radical (unpaired) electrons. The normalized spacial score (nSPS) is 20.3. The molecule has 114 valence electrons. The molecule has 0 bridgehead atoms. The molecule has 2 aromatic rings. The Morgan fingerprint density at radius 3 is 2.83 bits per heavy atom. The number of nitrogens with one attached hydrogen (secondary N) is 1. The van der Waals surface area contributed by atoms with E-state index in [0.717, 1.165) is 22.2 Å². The van der Waals surface area contributed by atoms with Gasteiger partial charge in [0, 0.05) is 18.5 Å². The van der Waals surface area contributed by atoms with Gasteiger partial charge in [0.15, 0.2) is 11.6 Å². The second kappa shape index (κ2) is 5.40. The monoisotopic (exact) mass is 340 g/mol. The topological polar surface area (TPSA) is 41.6 Å². The molecule has 6 heteroatoms. The van der Waals surface area contributed by atoms with E-state index in [0.29, 0.717) is 15.1 Å². The summed E-state index contributed by atoms with van der Waals surface area (Å²) in [7, 11) is 1.95. The lowest BCUT2D eigenvalue weighted by Crippen LogP contribution is -2.17. The Labute approximate surface area is 142 Å². The van der Waals surface area contributed by atoms with Gasteiger partial charge >= 0.3 is 0 Å². The van der Waals surface area contributed by atoms with E-state index in [1.54, 1.807) is 12.2 Å². The van der Waals surface area contributed by atoms with Crippen LogP contribution in [0.4, 0.5) is 5.69 Å². The smallest absolute Gasteiger partial charge is 0.263 e. The van der Waals surface area contributed by atoms with Gasteiger partial charge in [0.25, 0.3) is 5.91 Å². The van der Waals surface area contributed by atoms with Gasteiger partial charge < -0.3 is 15.0 Å². The van der Waals surface area contributed by atoms with Gasteiger partial charge in [-0.1, -0.05) is 54.3 Å². The Bertz CT molecular complexity index is 918. The Hall–Kier alpha value is -2.31. The van der Waals surface area contributed by atoms with Crippen molar-refractivity contribution in [1.82, 2.24) is 5.32 Å². The molecule has 0 atom stereocenters. The molecule has 1 saturated heterocycles. The first kappa shape index (κ1) is 14.3. The molecule has 0 aromatic heterocycles. The fraction of sp³-hybridized carbons (Fsp3) is 0.0588. The predicted octanol–water partition coefficient (Wildman–Crippen LogP) is 3.54. The minimum atomic E-state index is -0.166. The molecular formula is C17H12N2O2S2. The molecule has 2 aliphatic heterocycles. The molecule has 2 aliphatic rings. The molecule has 23 heavy (non-hydrogen) atoms. The maximum Gasteiger partial charge on any atom is 0.263 e. The van der Waals surface area contributed by atoms with E-state index >= 15 is 0 Å². The molecule has 0 aliphatic carbocycles. The average molecular weight is 340 g/mol. The minimum Gasteiger partial charge on any atom is -0.439 e. The summed E-state index contributed by atoms with van der Waals surface area (Å²) in [5, 5.41) is 4.90. The molecular weight excluding hydrogens is 328 g/mol. The Morgan fingerprint density at radius 2 is 2.04 bits per heavy atom. The fourth-order valence-electron chi connectivity index (χ4n) is 2.68.